The number of carbonyl (C=O) groups is 1. The number of nitrogens with two attached hydrogens (primary N) is 1. The van der Waals surface area contributed by atoms with Gasteiger partial charge in [-0.15, -0.1) is 0 Å². The molecule has 1 saturated heterocycles. The van der Waals surface area contributed by atoms with Crippen molar-refractivity contribution in [3.8, 4) is 0 Å². The molecule has 1 amide bonds. The third-order valence-electron chi connectivity index (χ3n) is 4.47. The van der Waals surface area contributed by atoms with Crippen molar-refractivity contribution in [2.75, 3.05) is 13.1 Å². The van der Waals surface area contributed by atoms with Gasteiger partial charge < -0.3 is 11.1 Å². The summed E-state index contributed by atoms with van der Waals surface area (Å²) < 4.78 is 1.11. The summed E-state index contributed by atoms with van der Waals surface area (Å²) in [6, 6.07) is 8.26. The van der Waals surface area contributed by atoms with Crippen LogP contribution in [-0.2, 0) is 11.3 Å². The molecule has 1 heterocycles. The van der Waals surface area contributed by atoms with Gasteiger partial charge in [-0.25, -0.2) is 0 Å². The lowest BCUT2D eigenvalue weighted by molar-refractivity contribution is -0.125. The van der Waals surface area contributed by atoms with E-state index in [0.717, 1.165) is 36.9 Å². The topological polar surface area (TPSA) is 58.4 Å². The van der Waals surface area contributed by atoms with Crippen molar-refractivity contribution in [1.82, 2.24) is 10.2 Å². The van der Waals surface area contributed by atoms with E-state index in [1.807, 2.05) is 20.8 Å². The molecule has 0 bridgehead atoms. The van der Waals surface area contributed by atoms with Gasteiger partial charge in [-0.1, -0.05) is 48.8 Å². The molecule has 128 valence electrons. The summed E-state index contributed by atoms with van der Waals surface area (Å²) in [7, 11) is 0. The SMILES string of the molecule is CC(C)(C)[C@H](N)C(=O)NC1CCN(Cc2ccc(Br)cc2)CC1. The lowest BCUT2D eigenvalue weighted by atomic mass is 9.86. The van der Waals surface area contributed by atoms with Gasteiger partial charge in [0.2, 0.25) is 5.91 Å². The Bertz CT molecular complexity index is 516. The van der Waals surface area contributed by atoms with E-state index >= 15 is 0 Å². The first kappa shape index (κ1) is 18.4. The number of rotatable bonds is 4. The second kappa shape index (κ2) is 7.77. The van der Waals surface area contributed by atoms with Gasteiger partial charge in [-0.2, -0.15) is 0 Å². The second-order valence-electron chi connectivity index (χ2n) is 7.53. The molecule has 0 aromatic heterocycles. The van der Waals surface area contributed by atoms with Crippen molar-refractivity contribution in [1.29, 1.82) is 0 Å². The molecule has 1 aromatic rings. The van der Waals surface area contributed by atoms with Crippen LogP contribution in [-0.4, -0.2) is 36.0 Å². The number of nitrogens with one attached hydrogen (secondary N) is 1. The highest BCUT2D eigenvalue weighted by atomic mass is 79.9. The first-order chi connectivity index (χ1) is 10.8. The minimum Gasteiger partial charge on any atom is -0.352 e. The molecule has 1 aliphatic rings. The third-order valence-corrected chi connectivity index (χ3v) is 5.00. The average Bonchev–Trinajstić information content (AvgIpc) is 2.50. The number of amides is 1. The molecule has 0 spiro atoms. The first-order valence-electron chi connectivity index (χ1n) is 8.28. The summed E-state index contributed by atoms with van der Waals surface area (Å²) in [5.74, 6) is -0.0242. The largest absolute Gasteiger partial charge is 0.352 e. The number of piperidine rings is 1. The van der Waals surface area contributed by atoms with E-state index in [2.05, 4.69) is 50.4 Å². The van der Waals surface area contributed by atoms with Gasteiger partial charge in [-0.3, -0.25) is 9.69 Å². The molecule has 0 unspecified atom stereocenters. The molecule has 0 radical (unpaired) electrons. The predicted octanol–water partition coefficient (Wildman–Crippen LogP) is 2.90. The van der Waals surface area contributed by atoms with E-state index in [0.29, 0.717) is 0 Å². The fourth-order valence-corrected chi connectivity index (χ4v) is 3.03. The van der Waals surface area contributed by atoms with Crippen LogP contribution in [0.1, 0.15) is 39.2 Å². The minimum atomic E-state index is -0.455. The number of nitrogens with zero attached hydrogens (tertiary/aromatic N) is 1. The van der Waals surface area contributed by atoms with Crippen LogP contribution in [0.15, 0.2) is 28.7 Å². The van der Waals surface area contributed by atoms with Gasteiger partial charge in [0.1, 0.15) is 0 Å². The van der Waals surface area contributed by atoms with Gasteiger partial charge in [-0.05, 0) is 36.0 Å². The number of halogens is 1. The Morgan fingerprint density at radius 3 is 2.39 bits per heavy atom. The molecule has 0 aliphatic carbocycles. The van der Waals surface area contributed by atoms with Crippen molar-refractivity contribution in [3.05, 3.63) is 34.3 Å². The van der Waals surface area contributed by atoms with Crippen LogP contribution in [0.5, 0.6) is 0 Å². The Morgan fingerprint density at radius 2 is 1.87 bits per heavy atom. The van der Waals surface area contributed by atoms with Crippen molar-refractivity contribution in [2.45, 2.75) is 52.2 Å². The lowest BCUT2D eigenvalue weighted by Crippen LogP contribution is -2.53. The van der Waals surface area contributed by atoms with E-state index in [4.69, 9.17) is 5.73 Å². The molecule has 1 aliphatic heterocycles. The molecule has 1 aromatic carbocycles. The number of benzene rings is 1. The third kappa shape index (κ3) is 5.59. The highest BCUT2D eigenvalue weighted by molar-refractivity contribution is 9.10. The molecule has 23 heavy (non-hydrogen) atoms. The van der Waals surface area contributed by atoms with Crippen molar-refractivity contribution in [3.63, 3.8) is 0 Å². The van der Waals surface area contributed by atoms with Crippen LogP contribution < -0.4 is 11.1 Å². The van der Waals surface area contributed by atoms with Crippen LogP contribution in [0.2, 0.25) is 0 Å². The standard InChI is InChI=1S/C18H28BrN3O/c1-18(2,3)16(20)17(23)21-15-8-10-22(11-9-15)12-13-4-6-14(19)7-5-13/h4-7,15-16H,8-12,20H2,1-3H3,(H,21,23)/t16-/m1/s1. The maximum atomic E-state index is 12.2. The van der Waals surface area contributed by atoms with Gasteiger partial charge in [0.15, 0.2) is 0 Å². The normalized spacial score (nSPS) is 18.7. The van der Waals surface area contributed by atoms with Gasteiger partial charge in [0, 0.05) is 30.1 Å². The van der Waals surface area contributed by atoms with E-state index < -0.39 is 6.04 Å². The van der Waals surface area contributed by atoms with E-state index in [1.54, 1.807) is 0 Å². The van der Waals surface area contributed by atoms with Crippen LogP contribution in [0.3, 0.4) is 0 Å². The summed E-state index contributed by atoms with van der Waals surface area (Å²) in [6.45, 7) is 8.97. The zero-order chi connectivity index (χ0) is 17.0. The first-order valence-corrected chi connectivity index (χ1v) is 9.08. The quantitative estimate of drug-likeness (QED) is 0.842. The molecular formula is C18H28BrN3O. The highest BCUT2D eigenvalue weighted by Gasteiger charge is 2.29. The zero-order valence-electron chi connectivity index (χ0n) is 14.3. The van der Waals surface area contributed by atoms with Crippen molar-refractivity contribution >= 4 is 21.8 Å². The predicted molar refractivity (Wildman–Crippen MR) is 98.0 cm³/mol. The van der Waals surface area contributed by atoms with Crippen LogP contribution in [0.4, 0.5) is 0 Å². The van der Waals surface area contributed by atoms with Gasteiger partial charge in [0.25, 0.3) is 0 Å². The summed E-state index contributed by atoms with van der Waals surface area (Å²) >= 11 is 3.46. The molecule has 3 N–H and O–H groups in total. The van der Waals surface area contributed by atoms with Gasteiger partial charge in [0.05, 0.1) is 6.04 Å². The Balaban J connectivity index is 1.77. The molecular weight excluding hydrogens is 354 g/mol. The Labute approximate surface area is 147 Å². The maximum absolute atomic E-state index is 12.2. The maximum Gasteiger partial charge on any atom is 0.237 e. The second-order valence-corrected chi connectivity index (χ2v) is 8.44. The number of hydrogen-bond acceptors (Lipinski definition) is 3. The summed E-state index contributed by atoms with van der Waals surface area (Å²) in [5, 5.41) is 3.12. The summed E-state index contributed by atoms with van der Waals surface area (Å²) in [5.41, 5.74) is 7.15. The Hall–Kier alpha value is -0.910. The lowest BCUT2D eigenvalue weighted by Gasteiger charge is -2.34. The molecule has 2 rings (SSSR count). The van der Waals surface area contributed by atoms with Crippen LogP contribution in [0, 0.1) is 5.41 Å². The van der Waals surface area contributed by atoms with Gasteiger partial charge >= 0.3 is 0 Å². The summed E-state index contributed by atoms with van der Waals surface area (Å²) in [6.07, 6.45) is 1.97. The van der Waals surface area contributed by atoms with E-state index in [9.17, 15) is 4.79 Å². The molecule has 4 nitrogen and oxygen atoms in total. The van der Waals surface area contributed by atoms with Crippen molar-refractivity contribution < 1.29 is 4.79 Å². The monoisotopic (exact) mass is 381 g/mol. The molecule has 5 heteroatoms. The zero-order valence-corrected chi connectivity index (χ0v) is 15.9. The molecule has 0 saturated carbocycles. The molecule has 1 atom stereocenters. The number of likely N-dealkylation sites (tertiary alicyclic amines) is 1. The minimum absolute atomic E-state index is 0.0242. The fraction of sp³-hybridized carbons (Fsp3) is 0.611. The Morgan fingerprint density at radius 1 is 1.30 bits per heavy atom. The van der Waals surface area contributed by atoms with Crippen LogP contribution in [0.25, 0.3) is 0 Å². The average molecular weight is 382 g/mol. The fourth-order valence-electron chi connectivity index (χ4n) is 2.77. The smallest absolute Gasteiger partial charge is 0.237 e. The molecule has 1 fully saturated rings. The highest BCUT2D eigenvalue weighted by Crippen LogP contribution is 2.19. The van der Waals surface area contributed by atoms with E-state index in [-0.39, 0.29) is 17.4 Å². The number of carbonyl (C=O) groups excluding carboxylic acids is 1. The van der Waals surface area contributed by atoms with E-state index in [1.165, 1.54) is 5.56 Å². The number of hydrogen-bond donors (Lipinski definition) is 2. The Kier molecular flexibility index (Phi) is 6.23. The summed E-state index contributed by atoms with van der Waals surface area (Å²) in [4.78, 5) is 14.6. The van der Waals surface area contributed by atoms with Crippen LogP contribution >= 0.6 is 15.9 Å². The van der Waals surface area contributed by atoms with Crippen molar-refractivity contribution in [2.24, 2.45) is 11.1 Å².